The summed E-state index contributed by atoms with van der Waals surface area (Å²) in [6, 6.07) is 12.6. The van der Waals surface area contributed by atoms with E-state index < -0.39 is 0 Å². The van der Waals surface area contributed by atoms with Crippen molar-refractivity contribution in [3.63, 3.8) is 0 Å². The summed E-state index contributed by atoms with van der Waals surface area (Å²) in [5, 5.41) is 7.52. The number of benzene rings is 1. The number of hydrogen-bond acceptors (Lipinski definition) is 5. The van der Waals surface area contributed by atoms with Gasteiger partial charge in [0.15, 0.2) is 0 Å². The molecule has 0 saturated carbocycles. The number of rotatable bonds is 3. The van der Waals surface area contributed by atoms with Crippen LogP contribution in [0.5, 0.6) is 0 Å². The highest BCUT2D eigenvalue weighted by Crippen LogP contribution is 2.47. The number of aromatic amines is 1. The molecule has 8 heteroatoms. The number of piperazine rings is 1. The van der Waals surface area contributed by atoms with Gasteiger partial charge in [0.1, 0.15) is 5.69 Å². The van der Waals surface area contributed by atoms with Crippen LogP contribution in [0, 0.1) is 0 Å². The number of thioether (sulfide) groups is 1. The highest BCUT2D eigenvalue weighted by atomic mass is 79.9. The van der Waals surface area contributed by atoms with Gasteiger partial charge in [0.2, 0.25) is 0 Å². The first-order chi connectivity index (χ1) is 13.7. The molecule has 0 radical (unpaired) electrons. The number of halogens is 1. The summed E-state index contributed by atoms with van der Waals surface area (Å²) in [5.41, 5.74) is 5.08. The Hall–Kier alpha value is -1.61. The second-order valence-corrected chi connectivity index (χ2v) is 10.7. The summed E-state index contributed by atoms with van der Waals surface area (Å²) >= 11 is 7.07. The molecule has 0 bridgehead atoms. The fourth-order valence-electron chi connectivity index (χ4n) is 3.77. The standard InChI is InChI=1S/C20H19BrN4OS2/c21-16-10-14-17-15(12-27-20(14)28-16)18(23-22-17)19(26)25-8-6-24(7-9-25)11-13-4-2-1-3-5-13/h1-5,10H,6-9,11-12H2,(H,22,23). The van der Waals surface area contributed by atoms with Gasteiger partial charge < -0.3 is 4.90 Å². The van der Waals surface area contributed by atoms with Gasteiger partial charge in [0.25, 0.3) is 5.91 Å². The van der Waals surface area contributed by atoms with E-state index in [4.69, 9.17) is 0 Å². The van der Waals surface area contributed by atoms with Crippen LogP contribution in [0.15, 0.2) is 44.4 Å². The van der Waals surface area contributed by atoms with E-state index in [2.05, 4.69) is 61.4 Å². The molecule has 144 valence electrons. The first-order valence-corrected chi connectivity index (χ1v) is 11.8. The van der Waals surface area contributed by atoms with Gasteiger partial charge in [-0.1, -0.05) is 30.3 Å². The molecule has 0 aliphatic carbocycles. The summed E-state index contributed by atoms with van der Waals surface area (Å²) < 4.78 is 2.36. The maximum atomic E-state index is 13.1. The summed E-state index contributed by atoms with van der Waals surface area (Å²) in [7, 11) is 0. The molecule has 1 saturated heterocycles. The Bertz CT molecular complexity index is 1010. The maximum absolute atomic E-state index is 13.1. The van der Waals surface area contributed by atoms with E-state index in [1.165, 1.54) is 9.77 Å². The zero-order valence-electron chi connectivity index (χ0n) is 15.2. The second-order valence-electron chi connectivity index (χ2n) is 7.02. The molecule has 0 unspecified atom stereocenters. The Morgan fingerprint density at radius 2 is 1.96 bits per heavy atom. The van der Waals surface area contributed by atoms with Gasteiger partial charge in [-0.3, -0.25) is 14.8 Å². The van der Waals surface area contributed by atoms with Crippen molar-refractivity contribution in [2.24, 2.45) is 0 Å². The Labute approximate surface area is 180 Å². The summed E-state index contributed by atoms with van der Waals surface area (Å²) in [6.45, 7) is 4.24. The SMILES string of the molecule is O=C(c1[nH]nc2c1CSc1sc(Br)cc1-2)N1CCN(Cc2ccccc2)CC1. The third-order valence-electron chi connectivity index (χ3n) is 5.26. The Morgan fingerprint density at radius 1 is 1.18 bits per heavy atom. The van der Waals surface area contributed by atoms with Gasteiger partial charge in [-0.25, -0.2) is 0 Å². The normalized spacial score (nSPS) is 16.7. The number of amides is 1. The van der Waals surface area contributed by atoms with Crippen LogP contribution in [0.25, 0.3) is 11.3 Å². The molecule has 1 aromatic carbocycles. The molecule has 2 aliphatic rings. The molecule has 1 amide bonds. The largest absolute Gasteiger partial charge is 0.335 e. The van der Waals surface area contributed by atoms with E-state index >= 15 is 0 Å². The van der Waals surface area contributed by atoms with Crippen molar-refractivity contribution in [1.29, 1.82) is 0 Å². The second kappa shape index (κ2) is 7.67. The number of nitrogens with zero attached hydrogens (tertiary/aromatic N) is 3. The Balaban J connectivity index is 1.28. The number of nitrogens with one attached hydrogen (secondary N) is 1. The van der Waals surface area contributed by atoms with Crippen molar-refractivity contribution in [2.75, 3.05) is 26.2 Å². The highest BCUT2D eigenvalue weighted by molar-refractivity contribution is 9.11. The minimum atomic E-state index is 0.0754. The fourth-order valence-corrected chi connectivity index (χ4v) is 6.97. The van der Waals surface area contributed by atoms with Crippen molar-refractivity contribution in [2.45, 2.75) is 16.5 Å². The first-order valence-electron chi connectivity index (χ1n) is 9.24. The summed E-state index contributed by atoms with van der Waals surface area (Å²) in [6.07, 6.45) is 0. The van der Waals surface area contributed by atoms with Gasteiger partial charge in [-0.05, 0) is 27.6 Å². The Kier molecular flexibility index (Phi) is 5.04. The van der Waals surface area contributed by atoms with Crippen molar-refractivity contribution < 1.29 is 4.79 Å². The lowest BCUT2D eigenvalue weighted by Crippen LogP contribution is -2.48. The predicted molar refractivity (Wildman–Crippen MR) is 117 cm³/mol. The number of thiophene rings is 1. The fraction of sp³-hybridized carbons (Fsp3) is 0.300. The number of carbonyl (C=O) groups excluding carboxylic acids is 1. The van der Waals surface area contributed by atoms with E-state index in [9.17, 15) is 4.79 Å². The van der Waals surface area contributed by atoms with E-state index in [1.54, 1.807) is 23.1 Å². The summed E-state index contributed by atoms with van der Waals surface area (Å²) in [5.74, 6) is 0.868. The van der Waals surface area contributed by atoms with Crippen LogP contribution in [-0.4, -0.2) is 52.1 Å². The lowest BCUT2D eigenvalue weighted by molar-refractivity contribution is 0.0622. The van der Waals surface area contributed by atoms with Crippen LogP contribution in [0.2, 0.25) is 0 Å². The number of carbonyl (C=O) groups is 1. The van der Waals surface area contributed by atoms with Gasteiger partial charge in [-0.2, -0.15) is 5.10 Å². The van der Waals surface area contributed by atoms with Crippen LogP contribution in [0.1, 0.15) is 21.6 Å². The van der Waals surface area contributed by atoms with Crippen LogP contribution < -0.4 is 0 Å². The van der Waals surface area contributed by atoms with E-state index in [-0.39, 0.29) is 5.91 Å². The molecule has 0 atom stereocenters. The van der Waals surface area contributed by atoms with Crippen LogP contribution >= 0.6 is 39.0 Å². The molecular weight excluding hydrogens is 456 g/mol. The molecule has 4 heterocycles. The maximum Gasteiger partial charge on any atom is 0.272 e. The quantitative estimate of drug-likeness (QED) is 0.608. The van der Waals surface area contributed by atoms with Gasteiger partial charge in [0.05, 0.1) is 13.7 Å². The van der Waals surface area contributed by atoms with Gasteiger partial charge in [-0.15, -0.1) is 23.1 Å². The molecule has 28 heavy (non-hydrogen) atoms. The number of aromatic nitrogens is 2. The van der Waals surface area contributed by atoms with Crippen molar-refractivity contribution in [3.8, 4) is 11.3 Å². The molecular formula is C20H19BrN4OS2. The molecule has 0 spiro atoms. The lowest BCUT2D eigenvalue weighted by Gasteiger charge is -2.34. The molecule has 2 aromatic heterocycles. The smallest absolute Gasteiger partial charge is 0.272 e. The van der Waals surface area contributed by atoms with E-state index in [1.807, 2.05) is 11.0 Å². The first kappa shape index (κ1) is 18.4. The third-order valence-corrected chi connectivity index (χ3v) is 8.21. The zero-order valence-corrected chi connectivity index (χ0v) is 18.4. The molecule has 3 aromatic rings. The number of hydrogen-bond donors (Lipinski definition) is 1. The molecule has 1 N–H and O–H groups in total. The minimum absolute atomic E-state index is 0.0754. The highest BCUT2D eigenvalue weighted by Gasteiger charge is 2.30. The molecule has 5 nitrogen and oxygen atoms in total. The Morgan fingerprint density at radius 3 is 2.75 bits per heavy atom. The van der Waals surface area contributed by atoms with Crippen molar-refractivity contribution in [1.82, 2.24) is 20.0 Å². The molecule has 5 rings (SSSR count). The average Bonchev–Trinajstić information content (AvgIpc) is 3.31. The average molecular weight is 475 g/mol. The predicted octanol–water partition coefficient (Wildman–Crippen LogP) is 4.46. The monoisotopic (exact) mass is 474 g/mol. The topological polar surface area (TPSA) is 52.2 Å². The van der Waals surface area contributed by atoms with E-state index in [0.29, 0.717) is 5.69 Å². The van der Waals surface area contributed by atoms with Crippen molar-refractivity contribution in [3.05, 3.63) is 57.0 Å². The van der Waals surface area contributed by atoms with E-state index in [0.717, 1.165) is 59.1 Å². The van der Waals surface area contributed by atoms with Crippen LogP contribution in [-0.2, 0) is 12.3 Å². The van der Waals surface area contributed by atoms with Crippen molar-refractivity contribution >= 4 is 44.9 Å². The molecule has 2 aliphatic heterocycles. The third kappa shape index (κ3) is 3.43. The lowest BCUT2D eigenvalue weighted by atomic mass is 10.1. The van der Waals surface area contributed by atoms with Crippen LogP contribution in [0.3, 0.4) is 0 Å². The molecule has 1 fully saturated rings. The van der Waals surface area contributed by atoms with Gasteiger partial charge >= 0.3 is 0 Å². The van der Waals surface area contributed by atoms with Crippen LogP contribution in [0.4, 0.5) is 0 Å². The minimum Gasteiger partial charge on any atom is -0.335 e. The number of fused-ring (bicyclic) bond motifs is 3. The van der Waals surface area contributed by atoms with Gasteiger partial charge in [0, 0.05) is 49.6 Å². The zero-order chi connectivity index (χ0) is 19.1. The number of H-pyrrole nitrogens is 1. The summed E-state index contributed by atoms with van der Waals surface area (Å²) in [4.78, 5) is 17.5.